The molecule has 0 saturated carbocycles. The fourth-order valence-corrected chi connectivity index (χ4v) is 2.62. The van der Waals surface area contributed by atoms with Gasteiger partial charge in [0, 0.05) is 43.0 Å². The van der Waals surface area contributed by atoms with Crippen LogP contribution in [0.4, 0.5) is 0 Å². The van der Waals surface area contributed by atoms with Crippen molar-refractivity contribution in [1.82, 2.24) is 25.1 Å². The highest BCUT2D eigenvalue weighted by Gasteiger charge is 2.17. The Kier molecular flexibility index (Phi) is 4.31. The fraction of sp³-hybridized carbons (Fsp3) is 0.615. The summed E-state index contributed by atoms with van der Waals surface area (Å²) in [6.45, 7) is 8.34. The lowest BCUT2D eigenvalue weighted by molar-refractivity contribution is 0.585. The van der Waals surface area contributed by atoms with Crippen LogP contribution in [-0.2, 0) is 25.4 Å². The van der Waals surface area contributed by atoms with Crippen molar-refractivity contribution in [3.05, 3.63) is 28.2 Å². The van der Waals surface area contributed by atoms with Gasteiger partial charge in [-0.2, -0.15) is 0 Å². The maximum atomic E-state index is 4.48. The highest BCUT2D eigenvalue weighted by Crippen LogP contribution is 2.26. The maximum Gasteiger partial charge on any atom is 0.133 e. The van der Waals surface area contributed by atoms with Crippen molar-refractivity contribution >= 4 is 11.3 Å². The van der Waals surface area contributed by atoms with Crippen LogP contribution in [0.1, 0.15) is 36.5 Å². The lowest BCUT2D eigenvalue weighted by Crippen LogP contribution is -2.17. The first kappa shape index (κ1) is 14.1. The standard InChI is InChI=1S/C13H21N5S/c1-13(2,3)12-15-8-10(19-12)7-14-6-5-11-17-16-9-18(11)4/h8-9,14H,5-7H2,1-4H3. The molecule has 0 radical (unpaired) electrons. The van der Waals surface area contributed by atoms with Crippen LogP contribution in [0.2, 0.25) is 0 Å². The van der Waals surface area contributed by atoms with Gasteiger partial charge in [-0.15, -0.1) is 21.5 Å². The molecule has 0 aromatic carbocycles. The van der Waals surface area contributed by atoms with E-state index in [4.69, 9.17) is 0 Å². The van der Waals surface area contributed by atoms with Crippen LogP contribution in [0.25, 0.3) is 0 Å². The van der Waals surface area contributed by atoms with E-state index in [1.807, 2.05) is 17.8 Å². The van der Waals surface area contributed by atoms with E-state index in [1.165, 1.54) is 9.88 Å². The van der Waals surface area contributed by atoms with Crippen LogP contribution in [-0.4, -0.2) is 26.3 Å². The number of hydrogen-bond acceptors (Lipinski definition) is 5. The Morgan fingerprint density at radius 2 is 2.16 bits per heavy atom. The first-order valence-corrected chi connectivity index (χ1v) is 7.27. The van der Waals surface area contributed by atoms with Gasteiger partial charge in [-0.1, -0.05) is 20.8 Å². The molecule has 0 aliphatic rings. The molecule has 104 valence electrons. The Bertz CT molecular complexity index is 523. The van der Waals surface area contributed by atoms with Crippen LogP contribution in [0.3, 0.4) is 0 Å². The molecule has 2 rings (SSSR count). The van der Waals surface area contributed by atoms with Crippen molar-refractivity contribution in [2.24, 2.45) is 7.05 Å². The molecule has 5 nitrogen and oxygen atoms in total. The molecule has 2 aromatic rings. The van der Waals surface area contributed by atoms with E-state index in [0.717, 1.165) is 25.3 Å². The van der Waals surface area contributed by atoms with E-state index in [-0.39, 0.29) is 5.41 Å². The van der Waals surface area contributed by atoms with E-state index >= 15 is 0 Å². The van der Waals surface area contributed by atoms with Gasteiger partial charge in [0.25, 0.3) is 0 Å². The highest BCUT2D eigenvalue weighted by atomic mass is 32.1. The summed E-state index contributed by atoms with van der Waals surface area (Å²) in [7, 11) is 1.97. The molecular weight excluding hydrogens is 258 g/mol. The second-order valence-corrected chi connectivity index (χ2v) is 6.78. The van der Waals surface area contributed by atoms with Gasteiger partial charge in [0.1, 0.15) is 12.2 Å². The van der Waals surface area contributed by atoms with E-state index in [1.54, 1.807) is 17.7 Å². The first-order chi connectivity index (χ1) is 8.97. The molecule has 2 heterocycles. The Labute approximate surface area is 118 Å². The highest BCUT2D eigenvalue weighted by molar-refractivity contribution is 7.11. The maximum absolute atomic E-state index is 4.48. The van der Waals surface area contributed by atoms with Gasteiger partial charge < -0.3 is 9.88 Å². The number of nitrogens with one attached hydrogen (secondary N) is 1. The minimum atomic E-state index is 0.140. The second kappa shape index (κ2) is 5.79. The predicted octanol–water partition coefficient (Wildman–Crippen LogP) is 1.90. The van der Waals surface area contributed by atoms with Crippen LogP contribution < -0.4 is 5.32 Å². The van der Waals surface area contributed by atoms with Crippen molar-refractivity contribution in [2.75, 3.05) is 6.54 Å². The van der Waals surface area contributed by atoms with Gasteiger partial charge in [-0.05, 0) is 0 Å². The third kappa shape index (κ3) is 3.84. The summed E-state index contributed by atoms with van der Waals surface area (Å²) >= 11 is 1.78. The summed E-state index contributed by atoms with van der Waals surface area (Å²) in [6, 6.07) is 0. The normalized spacial score (nSPS) is 12.0. The van der Waals surface area contributed by atoms with Crippen LogP contribution in [0, 0.1) is 0 Å². The van der Waals surface area contributed by atoms with Gasteiger partial charge in [-0.25, -0.2) is 4.98 Å². The summed E-state index contributed by atoms with van der Waals surface area (Å²) in [5, 5.41) is 12.5. The molecule has 6 heteroatoms. The topological polar surface area (TPSA) is 55.6 Å². The van der Waals surface area contributed by atoms with Crippen molar-refractivity contribution in [1.29, 1.82) is 0 Å². The third-order valence-electron chi connectivity index (χ3n) is 2.82. The van der Waals surface area contributed by atoms with Gasteiger partial charge in [0.15, 0.2) is 0 Å². The molecule has 1 N–H and O–H groups in total. The summed E-state index contributed by atoms with van der Waals surface area (Å²) in [4.78, 5) is 5.76. The molecule has 0 fully saturated rings. The van der Waals surface area contributed by atoms with Crippen molar-refractivity contribution < 1.29 is 0 Å². The lowest BCUT2D eigenvalue weighted by atomic mass is 9.98. The predicted molar refractivity (Wildman–Crippen MR) is 77.2 cm³/mol. The lowest BCUT2D eigenvalue weighted by Gasteiger charge is -2.13. The van der Waals surface area contributed by atoms with E-state index in [9.17, 15) is 0 Å². The molecule has 19 heavy (non-hydrogen) atoms. The summed E-state index contributed by atoms with van der Waals surface area (Å²) in [6.07, 6.45) is 4.59. The molecule has 0 aliphatic carbocycles. The summed E-state index contributed by atoms with van der Waals surface area (Å²) < 4.78 is 1.95. The zero-order chi connectivity index (χ0) is 13.9. The Morgan fingerprint density at radius 3 is 2.74 bits per heavy atom. The zero-order valence-electron chi connectivity index (χ0n) is 12.0. The summed E-state index contributed by atoms with van der Waals surface area (Å²) in [5.41, 5.74) is 0.140. The first-order valence-electron chi connectivity index (χ1n) is 6.45. The Hall–Kier alpha value is -1.27. The summed E-state index contributed by atoms with van der Waals surface area (Å²) in [5.74, 6) is 1.01. The van der Waals surface area contributed by atoms with Crippen LogP contribution in [0.5, 0.6) is 0 Å². The fourth-order valence-electron chi connectivity index (χ4n) is 1.68. The van der Waals surface area contributed by atoms with Crippen LogP contribution in [0.15, 0.2) is 12.5 Å². The minimum Gasteiger partial charge on any atom is -0.321 e. The van der Waals surface area contributed by atoms with E-state index in [2.05, 4.69) is 41.3 Å². The molecule has 0 aliphatic heterocycles. The molecule has 0 bridgehead atoms. The van der Waals surface area contributed by atoms with Crippen LogP contribution >= 0.6 is 11.3 Å². The number of rotatable bonds is 5. The molecular formula is C13H21N5S. The number of aryl methyl sites for hydroxylation is 1. The monoisotopic (exact) mass is 279 g/mol. The minimum absolute atomic E-state index is 0.140. The number of hydrogen-bond donors (Lipinski definition) is 1. The van der Waals surface area contributed by atoms with Gasteiger partial charge >= 0.3 is 0 Å². The number of thiazole rings is 1. The van der Waals surface area contributed by atoms with Crippen molar-refractivity contribution in [3.8, 4) is 0 Å². The molecule has 0 unspecified atom stereocenters. The van der Waals surface area contributed by atoms with E-state index in [0.29, 0.717) is 0 Å². The quantitative estimate of drug-likeness (QED) is 0.849. The number of aromatic nitrogens is 4. The molecule has 2 aromatic heterocycles. The average Bonchev–Trinajstić information content (AvgIpc) is 2.93. The Balaban J connectivity index is 1.77. The SMILES string of the molecule is Cn1cnnc1CCNCc1cnc(C(C)(C)C)s1. The smallest absolute Gasteiger partial charge is 0.133 e. The Morgan fingerprint density at radius 1 is 1.37 bits per heavy atom. The molecule has 0 spiro atoms. The van der Waals surface area contributed by atoms with Crippen molar-refractivity contribution in [2.45, 2.75) is 39.2 Å². The molecule has 0 amide bonds. The van der Waals surface area contributed by atoms with Gasteiger partial charge in [-0.3, -0.25) is 0 Å². The van der Waals surface area contributed by atoms with Gasteiger partial charge in [0.05, 0.1) is 5.01 Å². The van der Waals surface area contributed by atoms with Gasteiger partial charge in [0.2, 0.25) is 0 Å². The zero-order valence-corrected chi connectivity index (χ0v) is 12.8. The van der Waals surface area contributed by atoms with E-state index < -0.39 is 0 Å². The second-order valence-electron chi connectivity index (χ2n) is 5.67. The van der Waals surface area contributed by atoms with Crippen molar-refractivity contribution in [3.63, 3.8) is 0 Å². The molecule has 0 atom stereocenters. The molecule has 0 saturated heterocycles. The third-order valence-corrected chi connectivity index (χ3v) is 4.25. The largest absolute Gasteiger partial charge is 0.321 e. The number of nitrogens with zero attached hydrogens (tertiary/aromatic N) is 4. The average molecular weight is 279 g/mol.